The number of benzene rings is 2. The lowest BCUT2D eigenvalue weighted by Crippen LogP contribution is -2.17. The third-order valence-corrected chi connectivity index (χ3v) is 3.14. The molecule has 10 heteroatoms. The largest absolute Gasteiger partial charge is 0.573 e. The van der Waals surface area contributed by atoms with E-state index in [4.69, 9.17) is 9.47 Å². The van der Waals surface area contributed by atoms with Gasteiger partial charge in [0.15, 0.2) is 0 Å². The lowest BCUT2D eigenvalue weighted by atomic mass is 10.1. The molecule has 2 aromatic rings. The van der Waals surface area contributed by atoms with Crippen LogP contribution in [0.5, 0.6) is 11.5 Å². The topological polar surface area (TPSA) is 87.9 Å². The Bertz CT molecular complexity index is 805. The lowest BCUT2D eigenvalue weighted by molar-refractivity contribution is -0.384. The van der Waals surface area contributed by atoms with Crippen LogP contribution in [-0.4, -0.2) is 24.4 Å². The van der Waals surface area contributed by atoms with E-state index < -0.39 is 23.0 Å². The summed E-state index contributed by atoms with van der Waals surface area (Å²) in [5, 5.41) is 10.8. The van der Waals surface area contributed by atoms with E-state index in [9.17, 15) is 28.1 Å². The first-order chi connectivity index (χ1) is 12.2. The molecule has 0 atom stereocenters. The van der Waals surface area contributed by atoms with Gasteiger partial charge in [-0.05, 0) is 23.8 Å². The number of alkyl halides is 3. The van der Waals surface area contributed by atoms with Crippen molar-refractivity contribution in [3.63, 3.8) is 0 Å². The van der Waals surface area contributed by atoms with Crippen LogP contribution in [0.4, 0.5) is 18.9 Å². The van der Waals surface area contributed by atoms with Crippen molar-refractivity contribution in [1.82, 2.24) is 0 Å². The molecule has 0 N–H and O–H groups in total. The molecule has 0 heterocycles. The van der Waals surface area contributed by atoms with Gasteiger partial charge in [0, 0.05) is 12.1 Å². The number of halogens is 3. The van der Waals surface area contributed by atoms with Crippen molar-refractivity contribution < 1.29 is 37.1 Å². The number of esters is 1. The maximum absolute atomic E-state index is 12.1. The molecule has 0 aliphatic heterocycles. The third-order valence-electron chi connectivity index (χ3n) is 3.14. The Labute approximate surface area is 145 Å². The van der Waals surface area contributed by atoms with E-state index in [0.29, 0.717) is 5.56 Å². The number of nitrogens with zero attached hydrogens (tertiary/aromatic N) is 1. The predicted octanol–water partition coefficient (Wildman–Crippen LogP) is 3.86. The number of nitro benzene ring substituents is 1. The van der Waals surface area contributed by atoms with Gasteiger partial charge in [0.25, 0.3) is 5.69 Å². The van der Waals surface area contributed by atoms with Gasteiger partial charge in [-0.15, -0.1) is 13.2 Å². The van der Waals surface area contributed by atoms with Crippen molar-refractivity contribution in [1.29, 1.82) is 0 Å². The van der Waals surface area contributed by atoms with E-state index >= 15 is 0 Å². The standard InChI is InChI=1S/C16H12F3NO6/c1-24-14-7-4-11(20(22)23)8-13(14)15(21)25-9-10-2-5-12(6-3-10)26-16(17,18)19/h2-8H,9H2,1H3. The number of non-ortho nitro benzene ring substituents is 1. The highest BCUT2D eigenvalue weighted by atomic mass is 19.4. The van der Waals surface area contributed by atoms with E-state index in [1.807, 2.05) is 0 Å². The van der Waals surface area contributed by atoms with Crippen molar-refractivity contribution in [3.05, 3.63) is 63.7 Å². The summed E-state index contributed by atoms with van der Waals surface area (Å²) in [6.07, 6.45) is -4.80. The number of carbonyl (C=O) groups excluding carboxylic acids is 1. The average Bonchev–Trinajstić information content (AvgIpc) is 2.58. The summed E-state index contributed by atoms with van der Waals surface area (Å²) in [7, 11) is 1.29. The van der Waals surface area contributed by atoms with E-state index in [1.54, 1.807) is 0 Å². The first-order valence-electron chi connectivity index (χ1n) is 7.04. The molecule has 0 radical (unpaired) electrons. The van der Waals surface area contributed by atoms with Crippen molar-refractivity contribution in [2.75, 3.05) is 7.11 Å². The molecule has 2 rings (SSSR count). The molecule has 0 fully saturated rings. The number of methoxy groups -OCH3 is 1. The molecular formula is C16H12F3NO6. The maximum atomic E-state index is 12.1. The van der Waals surface area contributed by atoms with E-state index in [0.717, 1.165) is 18.2 Å². The molecule has 2 aromatic carbocycles. The second-order valence-electron chi connectivity index (χ2n) is 4.91. The third kappa shape index (κ3) is 5.10. The summed E-state index contributed by atoms with van der Waals surface area (Å²) in [6.45, 7) is -0.253. The molecule has 7 nitrogen and oxygen atoms in total. The molecule has 138 valence electrons. The number of hydrogen-bond acceptors (Lipinski definition) is 6. The monoisotopic (exact) mass is 371 g/mol. The smallest absolute Gasteiger partial charge is 0.496 e. The minimum absolute atomic E-state index is 0.0922. The van der Waals surface area contributed by atoms with Crippen LogP contribution in [0.3, 0.4) is 0 Å². The number of hydrogen-bond donors (Lipinski definition) is 0. The SMILES string of the molecule is COc1ccc([N+](=O)[O-])cc1C(=O)OCc1ccc(OC(F)(F)F)cc1. The predicted molar refractivity (Wildman–Crippen MR) is 81.9 cm³/mol. The summed E-state index contributed by atoms with van der Waals surface area (Å²) in [6, 6.07) is 8.18. The minimum atomic E-state index is -4.80. The minimum Gasteiger partial charge on any atom is -0.496 e. The normalized spacial score (nSPS) is 10.9. The fourth-order valence-corrected chi connectivity index (χ4v) is 1.98. The molecule has 0 saturated heterocycles. The molecule has 0 aliphatic rings. The Balaban J connectivity index is 2.06. The van der Waals surface area contributed by atoms with Crippen LogP contribution in [-0.2, 0) is 11.3 Å². The molecule has 0 spiro atoms. The maximum Gasteiger partial charge on any atom is 0.573 e. The highest BCUT2D eigenvalue weighted by Gasteiger charge is 2.31. The van der Waals surface area contributed by atoms with E-state index in [-0.39, 0.29) is 23.6 Å². The van der Waals surface area contributed by atoms with Crippen LogP contribution in [0.15, 0.2) is 42.5 Å². The zero-order valence-electron chi connectivity index (χ0n) is 13.3. The Morgan fingerprint density at radius 2 is 1.81 bits per heavy atom. The number of rotatable bonds is 6. The van der Waals surface area contributed by atoms with Crippen molar-refractivity contribution in [2.24, 2.45) is 0 Å². The van der Waals surface area contributed by atoms with Gasteiger partial charge in [-0.1, -0.05) is 12.1 Å². The quantitative estimate of drug-likeness (QED) is 0.435. The fraction of sp³-hybridized carbons (Fsp3) is 0.188. The molecule has 26 heavy (non-hydrogen) atoms. The first kappa shape index (κ1) is 19.0. The van der Waals surface area contributed by atoms with Crippen LogP contribution < -0.4 is 9.47 Å². The van der Waals surface area contributed by atoms with Gasteiger partial charge in [0.05, 0.1) is 12.0 Å². The van der Waals surface area contributed by atoms with Gasteiger partial charge in [0.2, 0.25) is 0 Å². The van der Waals surface area contributed by atoms with Crippen LogP contribution >= 0.6 is 0 Å². The highest BCUT2D eigenvalue weighted by molar-refractivity contribution is 5.93. The van der Waals surface area contributed by atoms with Gasteiger partial charge in [-0.25, -0.2) is 4.79 Å². The van der Waals surface area contributed by atoms with E-state index in [1.165, 1.54) is 31.4 Å². The average molecular weight is 371 g/mol. The van der Waals surface area contributed by atoms with Gasteiger partial charge >= 0.3 is 12.3 Å². The summed E-state index contributed by atoms with van der Waals surface area (Å²) in [5.41, 5.74) is -0.0533. The van der Waals surface area contributed by atoms with Gasteiger partial charge in [0.1, 0.15) is 23.7 Å². The zero-order chi connectivity index (χ0) is 19.3. The number of nitro groups is 1. The molecule has 0 unspecified atom stereocenters. The second-order valence-corrected chi connectivity index (χ2v) is 4.91. The number of ether oxygens (including phenoxy) is 3. The zero-order valence-corrected chi connectivity index (χ0v) is 13.3. The fourth-order valence-electron chi connectivity index (χ4n) is 1.98. The number of carbonyl (C=O) groups is 1. The van der Waals surface area contributed by atoms with Crippen LogP contribution in [0.1, 0.15) is 15.9 Å². The van der Waals surface area contributed by atoms with Crippen LogP contribution in [0.25, 0.3) is 0 Å². The molecule has 0 saturated carbocycles. The Morgan fingerprint density at radius 1 is 1.15 bits per heavy atom. The molecule has 0 amide bonds. The molecule has 0 bridgehead atoms. The molecule has 0 aliphatic carbocycles. The van der Waals surface area contributed by atoms with Crippen molar-refractivity contribution >= 4 is 11.7 Å². The van der Waals surface area contributed by atoms with Crippen molar-refractivity contribution in [3.8, 4) is 11.5 Å². The lowest BCUT2D eigenvalue weighted by Gasteiger charge is -2.10. The Morgan fingerprint density at radius 3 is 2.35 bits per heavy atom. The second kappa shape index (κ2) is 7.72. The van der Waals surface area contributed by atoms with Crippen LogP contribution in [0, 0.1) is 10.1 Å². The van der Waals surface area contributed by atoms with E-state index in [2.05, 4.69) is 4.74 Å². The Kier molecular flexibility index (Phi) is 5.65. The van der Waals surface area contributed by atoms with Gasteiger partial charge in [-0.3, -0.25) is 10.1 Å². The van der Waals surface area contributed by atoms with Crippen LogP contribution in [0.2, 0.25) is 0 Å². The first-order valence-corrected chi connectivity index (χ1v) is 7.04. The summed E-state index contributed by atoms with van der Waals surface area (Å²) < 4.78 is 50.0. The molecule has 0 aromatic heterocycles. The molecular weight excluding hydrogens is 359 g/mol. The Hall–Kier alpha value is -3.30. The highest BCUT2D eigenvalue weighted by Crippen LogP contribution is 2.26. The van der Waals surface area contributed by atoms with Gasteiger partial charge < -0.3 is 14.2 Å². The summed E-state index contributed by atoms with van der Waals surface area (Å²) in [4.78, 5) is 22.3. The van der Waals surface area contributed by atoms with Gasteiger partial charge in [-0.2, -0.15) is 0 Å². The summed E-state index contributed by atoms with van der Waals surface area (Å²) in [5.74, 6) is -1.19. The summed E-state index contributed by atoms with van der Waals surface area (Å²) >= 11 is 0. The van der Waals surface area contributed by atoms with Crippen molar-refractivity contribution in [2.45, 2.75) is 13.0 Å².